The van der Waals surface area contributed by atoms with Crippen molar-refractivity contribution in [3.05, 3.63) is 24.3 Å². The van der Waals surface area contributed by atoms with Crippen LogP contribution in [0.25, 0.3) is 11.1 Å². The number of anilines is 2. The maximum atomic E-state index is 12.4. The molecule has 0 aliphatic carbocycles. The number of primary amides is 2. The molecule has 1 aromatic heterocycles. The first kappa shape index (κ1) is 24.4. The molecule has 16 heteroatoms. The second-order valence-corrected chi connectivity index (χ2v) is 5.86. The molecule has 32 heavy (non-hydrogen) atoms. The second kappa shape index (κ2) is 9.94. The highest BCUT2D eigenvalue weighted by Crippen LogP contribution is 2.38. The van der Waals surface area contributed by atoms with Crippen LogP contribution in [0.3, 0.4) is 0 Å². The van der Waals surface area contributed by atoms with Crippen LogP contribution in [0.5, 0.6) is 11.6 Å². The zero-order chi connectivity index (χ0) is 24.1. The van der Waals surface area contributed by atoms with E-state index in [-0.39, 0.29) is 36.0 Å². The average Bonchev–Trinajstić information content (AvgIpc) is 2.71. The topological polar surface area (TPSA) is 198 Å². The van der Waals surface area contributed by atoms with Crippen molar-refractivity contribution in [2.75, 3.05) is 30.3 Å². The summed E-state index contributed by atoms with van der Waals surface area (Å²) in [5.74, 6) is 9.58. The zero-order valence-corrected chi connectivity index (χ0v) is 16.5. The molecule has 0 saturated heterocycles. The first-order valence-corrected chi connectivity index (χ1v) is 8.53. The Morgan fingerprint density at radius 3 is 2.09 bits per heavy atom. The summed E-state index contributed by atoms with van der Waals surface area (Å²) in [6.07, 6.45) is -4.90. The van der Waals surface area contributed by atoms with Crippen LogP contribution in [0.2, 0.25) is 0 Å². The highest BCUT2D eigenvalue weighted by Gasteiger charge is 2.31. The van der Waals surface area contributed by atoms with Gasteiger partial charge >= 0.3 is 18.4 Å². The van der Waals surface area contributed by atoms with Gasteiger partial charge in [-0.2, -0.15) is 15.0 Å². The van der Waals surface area contributed by atoms with Crippen molar-refractivity contribution in [1.82, 2.24) is 9.97 Å². The van der Waals surface area contributed by atoms with E-state index in [1.807, 2.05) is 0 Å². The number of benzene rings is 1. The number of carbonyl (C=O) groups is 2. The summed E-state index contributed by atoms with van der Waals surface area (Å²) < 4.78 is 51.6. The van der Waals surface area contributed by atoms with Crippen LogP contribution in [-0.4, -0.2) is 48.7 Å². The minimum atomic E-state index is -4.90. The highest BCUT2D eigenvalue weighted by molar-refractivity contribution is 5.95. The van der Waals surface area contributed by atoms with Gasteiger partial charge in [0.25, 0.3) is 5.95 Å². The summed E-state index contributed by atoms with van der Waals surface area (Å²) in [4.78, 5) is 31.1. The second-order valence-electron chi connectivity index (χ2n) is 5.86. The number of nitrogens with two attached hydrogens (primary N) is 4. The first-order chi connectivity index (χ1) is 14.9. The van der Waals surface area contributed by atoms with Crippen molar-refractivity contribution in [3.8, 4) is 22.8 Å². The fourth-order valence-electron chi connectivity index (χ4n) is 2.30. The Balaban J connectivity index is 2.68. The van der Waals surface area contributed by atoms with Gasteiger partial charge in [0.2, 0.25) is 5.88 Å². The van der Waals surface area contributed by atoms with E-state index in [0.29, 0.717) is 10.0 Å². The Bertz CT molecular complexity index is 973. The van der Waals surface area contributed by atoms with Crippen LogP contribution in [0.4, 0.5) is 34.5 Å². The third-order valence-electron chi connectivity index (χ3n) is 3.67. The number of urea groups is 2. The fourth-order valence-corrected chi connectivity index (χ4v) is 2.30. The third-order valence-corrected chi connectivity index (χ3v) is 3.67. The monoisotopic (exact) mass is 460 g/mol. The molecule has 0 radical (unpaired) electrons. The molecule has 2 rings (SSSR count). The fraction of sp³-hybridized carbons (Fsp3) is 0.250. The number of methoxy groups -OCH3 is 1. The van der Waals surface area contributed by atoms with E-state index in [2.05, 4.69) is 14.7 Å². The van der Waals surface area contributed by atoms with E-state index in [0.717, 1.165) is 12.1 Å². The van der Waals surface area contributed by atoms with Gasteiger partial charge in [-0.1, -0.05) is 12.1 Å². The van der Waals surface area contributed by atoms with Gasteiger partial charge in [0, 0.05) is 7.11 Å². The largest absolute Gasteiger partial charge is 0.573 e. The molecule has 0 bridgehead atoms. The van der Waals surface area contributed by atoms with E-state index in [9.17, 15) is 22.8 Å². The normalized spacial score (nSPS) is 11.1. The molecule has 1 aromatic carbocycles. The summed E-state index contributed by atoms with van der Waals surface area (Å²) >= 11 is 0. The smallest absolute Gasteiger partial charge is 0.475 e. The summed E-state index contributed by atoms with van der Waals surface area (Å²) in [5, 5.41) is 0.754. The number of hydrogen-bond acceptors (Lipinski definition) is 9. The maximum absolute atomic E-state index is 12.4. The summed E-state index contributed by atoms with van der Waals surface area (Å²) in [5.41, 5.74) is 10.5. The van der Waals surface area contributed by atoms with Gasteiger partial charge in [-0.25, -0.2) is 26.3 Å². The SMILES string of the molecule is COCCOc1nc(N(N)C(N)=O)nc(N(N)C(N)=O)c1-c1ccc(OC(F)(F)F)cc1. The molecule has 8 N–H and O–H groups in total. The molecule has 0 fully saturated rings. The van der Waals surface area contributed by atoms with E-state index in [1.54, 1.807) is 0 Å². The number of carbonyl (C=O) groups excluding carboxylic acids is 2. The van der Waals surface area contributed by atoms with Crippen molar-refractivity contribution >= 4 is 23.8 Å². The Morgan fingerprint density at radius 1 is 1.00 bits per heavy atom. The number of alkyl halides is 3. The molecule has 0 saturated carbocycles. The molecular formula is C16H19F3N8O5. The summed E-state index contributed by atoms with van der Waals surface area (Å²) in [6.45, 7) is 0.0493. The van der Waals surface area contributed by atoms with Gasteiger partial charge in [-0.3, -0.25) is 0 Å². The van der Waals surface area contributed by atoms with Crippen molar-refractivity contribution in [3.63, 3.8) is 0 Å². The summed E-state index contributed by atoms with van der Waals surface area (Å²) in [6, 6.07) is 2.10. The van der Waals surface area contributed by atoms with Gasteiger partial charge in [-0.15, -0.1) is 13.2 Å². The maximum Gasteiger partial charge on any atom is 0.573 e. The predicted molar refractivity (Wildman–Crippen MR) is 104 cm³/mol. The number of aromatic nitrogens is 2. The Hall–Kier alpha value is -3.89. The molecule has 0 aliphatic rings. The Labute approximate surface area is 178 Å². The lowest BCUT2D eigenvalue weighted by atomic mass is 10.1. The zero-order valence-electron chi connectivity index (χ0n) is 16.5. The molecule has 13 nitrogen and oxygen atoms in total. The average molecular weight is 460 g/mol. The predicted octanol–water partition coefficient (Wildman–Crippen LogP) is 0.585. The van der Waals surface area contributed by atoms with Gasteiger partial charge < -0.3 is 25.7 Å². The lowest BCUT2D eigenvalue weighted by molar-refractivity contribution is -0.274. The quantitative estimate of drug-likeness (QED) is 0.188. The van der Waals surface area contributed by atoms with Crippen LogP contribution in [0, 0.1) is 0 Å². The van der Waals surface area contributed by atoms with E-state index < -0.39 is 30.1 Å². The number of hydrogen-bond donors (Lipinski definition) is 4. The van der Waals surface area contributed by atoms with Crippen molar-refractivity contribution in [1.29, 1.82) is 0 Å². The van der Waals surface area contributed by atoms with Crippen LogP contribution >= 0.6 is 0 Å². The number of hydrazine groups is 2. The van der Waals surface area contributed by atoms with Crippen molar-refractivity contribution < 1.29 is 37.0 Å². The lowest BCUT2D eigenvalue weighted by Gasteiger charge is -2.22. The number of ether oxygens (including phenoxy) is 3. The van der Waals surface area contributed by atoms with Gasteiger partial charge in [0.05, 0.1) is 12.2 Å². The third kappa shape index (κ3) is 6.06. The molecule has 1 heterocycles. The van der Waals surface area contributed by atoms with Crippen molar-refractivity contribution in [2.24, 2.45) is 23.2 Å². The van der Waals surface area contributed by atoms with Crippen LogP contribution in [0.1, 0.15) is 0 Å². The standard InChI is InChI=1S/C16H19F3N8O5/c1-30-6-7-31-12-10(8-2-4-9(5-3-8)32-16(17,18)19)11(26(22)13(20)28)24-15(25-12)27(23)14(21)29/h2-5H,6-7,22-23H2,1H3,(H2,20,28)(H2,21,29). The molecule has 2 aromatic rings. The number of nitrogens with zero attached hydrogens (tertiary/aromatic N) is 4. The molecule has 0 atom stereocenters. The van der Waals surface area contributed by atoms with E-state index in [1.165, 1.54) is 19.2 Å². The van der Waals surface area contributed by atoms with E-state index >= 15 is 0 Å². The van der Waals surface area contributed by atoms with Crippen LogP contribution in [0.15, 0.2) is 24.3 Å². The number of rotatable bonds is 8. The van der Waals surface area contributed by atoms with Crippen LogP contribution < -0.4 is 42.6 Å². The van der Waals surface area contributed by atoms with Gasteiger partial charge in [0.15, 0.2) is 5.82 Å². The Kier molecular flexibility index (Phi) is 7.58. The minimum absolute atomic E-state index is 0.0532. The van der Waals surface area contributed by atoms with Crippen molar-refractivity contribution in [2.45, 2.75) is 6.36 Å². The number of halogens is 3. The van der Waals surface area contributed by atoms with Crippen LogP contribution in [-0.2, 0) is 4.74 Å². The minimum Gasteiger partial charge on any atom is -0.475 e. The molecule has 0 unspecified atom stereocenters. The first-order valence-electron chi connectivity index (χ1n) is 8.53. The molecule has 0 spiro atoms. The number of amides is 4. The highest BCUT2D eigenvalue weighted by atomic mass is 19.4. The molecule has 0 aliphatic heterocycles. The van der Waals surface area contributed by atoms with E-state index in [4.69, 9.17) is 32.6 Å². The molecule has 174 valence electrons. The lowest BCUT2D eigenvalue weighted by Crippen LogP contribution is -2.45. The van der Waals surface area contributed by atoms with Gasteiger partial charge in [-0.05, 0) is 17.7 Å². The summed E-state index contributed by atoms with van der Waals surface area (Å²) in [7, 11) is 1.41. The molecule has 4 amide bonds. The molecular weight excluding hydrogens is 441 g/mol. The van der Waals surface area contributed by atoms with Gasteiger partial charge in [0.1, 0.15) is 12.4 Å². The Morgan fingerprint density at radius 2 is 1.59 bits per heavy atom.